The van der Waals surface area contributed by atoms with Gasteiger partial charge < -0.3 is 43.7 Å². The van der Waals surface area contributed by atoms with E-state index in [1.807, 2.05) is 10.8 Å². The number of nitrogens with zero attached hydrogens (tertiary/aromatic N) is 2. The average molecular weight is 1230 g/mol. The fourth-order valence-electron chi connectivity index (χ4n) is 10.5. The van der Waals surface area contributed by atoms with Crippen LogP contribution in [0.3, 0.4) is 0 Å². The Morgan fingerprint density at radius 1 is 0.403 bits per heavy atom. The minimum Gasteiger partial charge on any atom is -0.505 e. The van der Waals surface area contributed by atoms with Crippen molar-refractivity contribution in [2.24, 2.45) is 0 Å². The van der Waals surface area contributed by atoms with Crippen LogP contribution in [-0.4, -0.2) is 32.6 Å². The molecule has 0 radical (unpaired) electrons. The number of ether oxygens (including phenoxy) is 2. The number of thiophene rings is 2. The van der Waals surface area contributed by atoms with E-state index in [0.717, 1.165) is 91.2 Å². The van der Waals surface area contributed by atoms with Crippen molar-refractivity contribution in [3.8, 4) is 56.6 Å². The van der Waals surface area contributed by atoms with Crippen LogP contribution in [0.2, 0.25) is 0 Å². The molecule has 0 atom stereocenters. The number of benzene rings is 6. The van der Waals surface area contributed by atoms with E-state index in [1.54, 1.807) is 22.7 Å². The quantitative estimate of drug-likeness (QED) is 0.0769. The molecule has 4 aromatic heterocycles. The molecule has 6 aromatic carbocycles. The molecule has 0 saturated heterocycles. The van der Waals surface area contributed by atoms with Gasteiger partial charge in [0.1, 0.15) is 23.0 Å². The Morgan fingerprint density at radius 2 is 0.688 bits per heavy atom. The Hall–Kier alpha value is -5.61. The monoisotopic (exact) mass is 1230 g/mol. The van der Waals surface area contributed by atoms with Crippen LogP contribution >= 0.6 is 22.7 Å². The number of aryl methyl sites for hydroxylation is 2. The molecule has 4 heterocycles. The van der Waals surface area contributed by atoms with Gasteiger partial charge >= 0.3 is 0 Å². The first-order chi connectivity index (χ1) is 34.9. The number of phenols is 2. The molecule has 0 aliphatic rings. The Kier molecular flexibility index (Phi) is 16.8. The Morgan fingerprint density at radius 3 is 0.961 bits per heavy atom. The van der Waals surface area contributed by atoms with Crippen LogP contribution in [0.4, 0.5) is 0 Å². The van der Waals surface area contributed by atoms with Crippen molar-refractivity contribution in [2.75, 3.05) is 13.2 Å². The molecule has 9 heteroatoms. The molecule has 0 aliphatic heterocycles. The maximum atomic E-state index is 12.3. The third kappa shape index (κ3) is 11.2. The first kappa shape index (κ1) is 59.1. The molecular formula is C68H78HfN2O4S2-2. The summed E-state index contributed by atoms with van der Waals surface area (Å²) in [6, 6.07) is 35.5. The maximum Gasteiger partial charge on any atom is 0.147 e. The molecule has 10 aromatic rings. The molecule has 402 valence electrons. The molecule has 0 fully saturated rings. The van der Waals surface area contributed by atoms with Crippen LogP contribution in [0.25, 0.3) is 77.2 Å². The molecule has 77 heavy (non-hydrogen) atoms. The number of unbranched alkanes of at least 4 members (excludes halogenated alkanes) is 1. The predicted molar refractivity (Wildman–Crippen MR) is 329 cm³/mol. The van der Waals surface area contributed by atoms with Crippen molar-refractivity contribution < 1.29 is 45.5 Å². The fourth-order valence-corrected chi connectivity index (χ4v) is 12.0. The SMILES string of the molecule is Cc1cc(-c2cscc2OCCCCOc2cscc2-c2cc(C)cc(-n3c4ccc(C(C)(C)C)cc4c4cc(C(C)(C)C)ccc43)c2O)c(O)c(-n2c3ccc(C(C)(C)C)cc3c3cc(C(C)(C)C)ccc32)c1.[CH3-].[CH3-].[Hf]. The van der Waals surface area contributed by atoms with Crippen molar-refractivity contribution in [1.29, 1.82) is 0 Å². The smallest absolute Gasteiger partial charge is 0.147 e. The summed E-state index contributed by atoms with van der Waals surface area (Å²) >= 11 is 3.15. The summed E-state index contributed by atoms with van der Waals surface area (Å²) in [6.07, 6.45) is 1.55. The standard InChI is InChI=1S/C66H72N2O4S2.2CH3.Hf/c1-39-27-49(61(69)57(29-39)67-53-21-17-41(63(3,4)5)31-45(53)46-32-42(64(6,7)8)18-22-54(46)67)51-35-73-37-59(51)71-25-15-16-26-72-60-38-74-36-52(60)50-28-40(2)30-58(62(50)70)68-55-23-19-43(65(9,10)11)33-47(55)48-34-44(66(12,13)14)20-24-56(48)68;;;/h17-24,27-38,69-70H,15-16,25-26H2,1-14H3;2*1H3;/q;2*-1;. The summed E-state index contributed by atoms with van der Waals surface area (Å²) in [7, 11) is 0. The Labute approximate surface area is 485 Å². The van der Waals surface area contributed by atoms with Gasteiger partial charge in [0.2, 0.25) is 0 Å². The van der Waals surface area contributed by atoms with E-state index < -0.39 is 0 Å². The van der Waals surface area contributed by atoms with Crippen molar-refractivity contribution in [2.45, 2.75) is 131 Å². The summed E-state index contributed by atoms with van der Waals surface area (Å²) in [5.74, 6) is 1.97. The number of rotatable bonds is 11. The van der Waals surface area contributed by atoms with E-state index in [9.17, 15) is 10.2 Å². The van der Waals surface area contributed by atoms with E-state index in [-0.39, 0.29) is 73.9 Å². The number of phenolic OH excluding ortho intramolecular Hbond substituents is 2. The Balaban J connectivity index is 0.00000287. The van der Waals surface area contributed by atoms with Gasteiger partial charge in [-0.25, -0.2) is 0 Å². The van der Waals surface area contributed by atoms with E-state index in [0.29, 0.717) is 13.2 Å². The molecule has 0 aliphatic carbocycles. The van der Waals surface area contributed by atoms with Gasteiger partial charge in [-0.1, -0.05) is 107 Å². The topological polar surface area (TPSA) is 68.8 Å². The largest absolute Gasteiger partial charge is 0.505 e. The molecular weight excluding hydrogens is 1150 g/mol. The van der Waals surface area contributed by atoms with Crippen LogP contribution in [0.5, 0.6) is 23.0 Å². The van der Waals surface area contributed by atoms with E-state index in [4.69, 9.17) is 9.47 Å². The average Bonchev–Trinajstić information content (AvgIpc) is 4.13. The summed E-state index contributed by atoms with van der Waals surface area (Å²) in [4.78, 5) is 0. The normalized spacial score (nSPS) is 12.3. The first-order valence-corrected chi connectivity index (χ1v) is 28.0. The fraction of sp³-hybridized carbons (Fsp3) is 0.324. The number of hydrogen-bond donors (Lipinski definition) is 2. The molecule has 0 spiro atoms. The Bertz CT molecular complexity index is 3390. The third-order valence-electron chi connectivity index (χ3n) is 14.8. The second kappa shape index (κ2) is 21.9. The molecule has 0 unspecified atom stereocenters. The van der Waals surface area contributed by atoms with Gasteiger partial charge in [0, 0.05) is 91.2 Å². The van der Waals surface area contributed by atoms with Gasteiger partial charge in [-0.2, -0.15) is 0 Å². The molecule has 0 saturated carbocycles. The van der Waals surface area contributed by atoms with Gasteiger partial charge in [0.25, 0.3) is 0 Å². The van der Waals surface area contributed by atoms with Gasteiger partial charge in [0.05, 0.1) is 46.7 Å². The third-order valence-corrected chi connectivity index (χ3v) is 16.3. The summed E-state index contributed by atoms with van der Waals surface area (Å²) < 4.78 is 17.5. The van der Waals surface area contributed by atoms with Crippen molar-refractivity contribution in [3.63, 3.8) is 0 Å². The molecule has 0 bridgehead atoms. The van der Waals surface area contributed by atoms with Gasteiger partial charge in [-0.3, -0.25) is 0 Å². The van der Waals surface area contributed by atoms with Gasteiger partial charge in [-0.15, -0.1) is 22.7 Å². The second-order valence-corrected chi connectivity index (χ2v) is 26.1. The van der Waals surface area contributed by atoms with E-state index >= 15 is 0 Å². The summed E-state index contributed by atoms with van der Waals surface area (Å²) in [5, 5.41) is 37.6. The van der Waals surface area contributed by atoms with Crippen LogP contribution in [0.1, 0.15) is 129 Å². The summed E-state index contributed by atoms with van der Waals surface area (Å²) in [6.45, 7) is 32.3. The molecule has 6 nitrogen and oxygen atoms in total. The van der Waals surface area contributed by atoms with Crippen molar-refractivity contribution in [1.82, 2.24) is 9.13 Å². The van der Waals surface area contributed by atoms with Crippen LogP contribution in [-0.2, 0) is 47.5 Å². The van der Waals surface area contributed by atoms with Crippen LogP contribution in [0.15, 0.2) is 119 Å². The van der Waals surface area contributed by atoms with Crippen molar-refractivity contribution in [3.05, 3.63) is 167 Å². The predicted octanol–water partition coefficient (Wildman–Crippen LogP) is 19.7. The minimum atomic E-state index is -0.0116. The maximum absolute atomic E-state index is 12.3. The van der Waals surface area contributed by atoms with Crippen LogP contribution < -0.4 is 9.47 Å². The van der Waals surface area contributed by atoms with E-state index in [2.05, 4.69) is 214 Å². The zero-order valence-corrected chi connectivity index (χ0v) is 53.5. The number of aromatic nitrogens is 2. The molecule has 0 amide bonds. The molecule has 2 N–H and O–H groups in total. The van der Waals surface area contributed by atoms with Gasteiger partial charge in [-0.05, 0) is 155 Å². The summed E-state index contributed by atoms with van der Waals surface area (Å²) in [5.41, 5.74) is 16.2. The second-order valence-electron chi connectivity index (χ2n) is 24.7. The van der Waals surface area contributed by atoms with Gasteiger partial charge in [0.15, 0.2) is 0 Å². The number of hydrogen-bond acceptors (Lipinski definition) is 6. The minimum absolute atomic E-state index is 0. The zero-order chi connectivity index (χ0) is 52.8. The first-order valence-electron chi connectivity index (χ1n) is 26.1. The van der Waals surface area contributed by atoms with Crippen molar-refractivity contribution >= 4 is 66.3 Å². The zero-order valence-electron chi connectivity index (χ0n) is 48.3. The number of fused-ring (bicyclic) bond motifs is 6. The molecule has 10 rings (SSSR count). The van der Waals surface area contributed by atoms with E-state index in [1.165, 1.54) is 43.8 Å². The number of aromatic hydroxyl groups is 2. The van der Waals surface area contributed by atoms with Crippen LogP contribution in [0, 0.1) is 28.7 Å².